The van der Waals surface area contributed by atoms with Crippen LogP contribution in [0.25, 0.3) is 0 Å². The van der Waals surface area contributed by atoms with Crippen molar-refractivity contribution in [3.05, 3.63) is 23.8 Å². The smallest absolute Gasteiger partial charge is 0.296 e. The molecule has 9 nitrogen and oxygen atoms in total. The fourth-order valence-corrected chi connectivity index (χ4v) is 3.31. The van der Waals surface area contributed by atoms with Crippen LogP contribution in [0.4, 0.5) is 5.69 Å². The van der Waals surface area contributed by atoms with Crippen LogP contribution >= 0.6 is 0 Å². The van der Waals surface area contributed by atoms with E-state index >= 15 is 0 Å². The number of guanidine groups is 1. The number of aliphatic imine (C=N–C) groups is 2. The molecule has 3 N–H and O–H groups in total. The molecular weight excluding hydrogens is 346 g/mol. The second kappa shape index (κ2) is 6.98. The van der Waals surface area contributed by atoms with Gasteiger partial charge >= 0.3 is 0 Å². The van der Waals surface area contributed by atoms with Gasteiger partial charge in [-0.05, 0) is 31.5 Å². The number of rotatable bonds is 3. The van der Waals surface area contributed by atoms with E-state index in [9.17, 15) is 13.0 Å². The fourth-order valence-electron chi connectivity index (χ4n) is 2.68. The Bertz CT molecular complexity index is 815. The van der Waals surface area contributed by atoms with Crippen molar-refractivity contribution in [2.75, 3.05) is 31.6 Å². The molecule has 2 aliphatic heterocycles. The number of ether oxygens (including phenoxy) is 1. The number of morpholine rings is 1. The molecule has 0 aliphatic carbocycles. The third-order valence-corrected chi connectivity index (χ3v) is 4.77. The summed E-state index contributed by atoms with van der Waals surface area (Å²) in [6, 6.07) is 4.62. The fraction of sp³-hybridized carbons (Fsp3) is 0.467. The van der Waals surface area contributed by atoms with Crippen LogP contribution in [0.2, 0.25) is 0 Å². The maximum Gasteiger partial charge on any atom is 0.296 e. The normalized spacial score (nSPS) is 21.2. The van der Waals surface area contributed by atoms with E-state index in [-0.39, 0.29) is 10.6 Å². The first-order valence-electron chi connectivity index (χ1n) is 7.89. The van der Waals surface area contributed by atoms with E-state index in [2.05, 4.69) is 25.5 Å². The Morgan fingerprint density at radius 2 is 2.00 bits per heavy atom. The first-order valence-corrected chi connectivity index (χ1v) is 9.33. The Balaban J connectivity index is 1.87. The Morgan fingerprint density at radius 3 is 2.68 bits per heavy atom. The minimum absolute atomic E-state index is 0.201. The van der Waals surface area contributed by atoms with E-state index in [0.29, 0.717) is 38.1 Å². The molecule has 1 unspecified atom stereocenters. The maximum absolute atomic E-state index is 11.6. The molecule has 10 heteroatoms. The van der Waals surface area contributed by atoms with Gasteiger partial charge in [0.2, 0.25) is 12.2 Å². The number of aryl methyl sites for hydroxylation is 1. The van der Waals surface area contributed by atoms with Gasteiger partial charge in [0, 0.05) is 13.1 Å². The molecule has 0 amide bonds. The first-order chi connectivity index (χ1) is 11.8. The van der Waals surface area contributed by atoms with Crippen LogP contribution in [0.3, 0.4) is 0 Å². The van der Waals surface area contributed by atoms with Crippen LogP contribution in [-0.4, -0.2) is 62.3 Å². The topological polar surface area (TPSA) is 116 Å². The standard InChI is InChI=1S/C15H21N5O4S/c1-10-3-4-13(25(21,22)23)12(9-10)18-14-16-11(2)17-15(19-14)20-5-7-24-8-6-20/h3-4,9,14,18H,5-8H2,1-2H3,(H,16,17,19)(H,21,22,23). The molecular formula is C15H21N5O4S. The van der Waals surface area contributed by atoms with E-state index in [1.807, 2.05) is 13.8 Å². The molecule has 2 aliphatic rings. The minimum Gasteiger partial charge on any atom is -0.378 e. The lowest BCUT2D eigenvalue weighted by Crippen LogP contribution is -2.51. The molecule has 136 valence electrons. The largest absolute Gasteiger partial charge is 0.378 e. The summed E-state index contributed by atoms with van der Waals surface area (Å²) in [4.78, 5) is 10.7. The van der Waals surface area contributed by atoms with Crippen molar-refractivity contribution in [1.82, 2.24) is 10.2 Å². The summed E-state index contributed by atoms with van der Waals surface area (Å²) in [6.45, 7) is 6.32. The first kappa shape index (κ1) is 17.6. The summed E-state index contributed by atoms with van der Waals surface area (Å²) in [5, 5.41) is 6.11. The highest BCUT2D eigenvalue weighted by molar-refractivity contribution is 7.86. The molecule has 0 spiro atoms. The molecule has 1 aromatic carbocycles. The highest BCUT2D eigenvalue weighted by Gasteiger charge is 2.23. The lowest BCUT2D eigenvalue weighted by atomic mass is 10.2. The van der Waals surface area contributed by atoms with Crippen molar-refractivity contribution in [2.45, 2.75) is 25.0 Å². The average molecular weight is 367 g/mol. The zero-order valence-corrected chi connectivity index (χ0v) is 14.9. The number of hydrogen-bond acceptors (Lipinski definition) is 8. The van der Waals surface area contributed by atoms with Crippen LogP contribution in [-0.2, 0) is 14.9 Å². The molecule has 0 bridgehead atoms. The Morgan fingerprint density at radius 1 is 1.28 bits per heavy atom. The summed E-state index contributed by atoms with van der Waals surface area (Å²) < 4.78 is 37.9. The van der Waals surface area contributed by atoms with Gasteiger partial charge in [-0.3, -0.25) is 4.55 Å². The van der Waals surface area contributed by atoms with E-state index < -0.39 is 16.4 Å². The summed E-state index contributed by atoms with van der Waals surface area (Å²) in [5.74, 6) is 1.32. The molecule has 2 heterocycles. The Labute approximate surface area is 146 Å². The van der Waals surface area contributed by atoms with Crippen molar-refractivity contribution < 1.29 is 17.7 Å². The average Bonchev–Trinajstić information content (AvgIpc) is 2.54. The highest BCUT2D eigenvalue weighted by atomic mass is 32.2. The number of benzene rings is 1. The van der Waals surface area contributed by atoms with Gasteiger partial charge in [-0.15, -0.1) is 0 Å². The molecule has 0 radical (unpaired) electrons. The van der Waals surface area contributed by atoms with Crippen LogP contribution in [0.15, 0.2) is 33.1 Å². The molecule has 0 aromatic heterocycles. The van der Waals surface area contributed by atoms with Gasteiger partial charge in [0.25, 0.3) is 10.1 Å². The van der Waals surface area contributed by atoms with E-state index in [0.717, 1.165) is 5.56 Å². The maximum atomic E-state index is 11.6. The zero-order chi connectivity index (χ0) is 18.0. The number of amidine groups is 1. The Kier molecular flexibility index (Phi) is 4.93. The predicted molar refractivity (Wildman–Crippen MR) is 94.5 cm³/mol. The van der Waals surface area contributed by atoms with Gasteiger partial charge < -0.3 is 20.3 Å². The van der Waals surface area contributed by atoms with E-state index in [4.69, 9.17) is 4.74 Å². The van der Waals surface area contributed by atoms with Gasteiger partial charge in [-0.25, -0.2) is 9.98 Å². The second-order valence-electron chi connectivity index (χ2n) is 5.88. The summed E-state index contributed by atoms with van der Waals surface area (Å²) >= 11 is 0. The third-order valence-electron chi connectivity index (χ3n) is 3.86. The van der Waals surface area contributed by atoms with Crippen molar-refractivity contribution in [1.29, 1.82) is 0 Å². The van der Waals surface area contributed by atoms with E-state index in [1.54, 1.807) is 12.1 Å². The summed E-state index contributed by atoms with van der Waals surface area (Å²) in [5.41, 5.74) is 1.11. The molecule has 1 fully saturated rings. The van der Waals surface area contributed by atoms with Crippen LogP contribution in [0, 0.1) is 6.92 Å². The summed E-state index contributed by atoms with van der Waals surface area (Å²) in [7, 11) is -4.35. The SMILES string of the molecule is CC1=NC(Nc2cc(C)ccc2S(=O)(=O)O)N=C(N2CCOCC2)N1. The number of hydrogen-bond donors (Lipinski definition) is 3. The van der Waals surface area contributed by atoms with Crippen molar-refractivity contribution in [3.63, 3.8) is 0 Å². The van der Waals surface area contributed by atoms with Gasteiger partial charge in [-0.1, -0.05) is 6.07 Å². The van der Waals surface area contributed by atoms with Crippen LogP contribution in [0.1, 0.15) is 12.5 Å². The van der Waals surface area contributed by atoms with Crippen LogP contribution < -0.4 is 10.6 Å². The van der Waals surface area contributed by atoms with Crippen molar-refractivity contribution >= 4 is 27.6 Å². The number of nitrogens with zero attached hydrogens (tertiary/aromatic N) is 3. The van der Waals surface area contributed by atoms with Crippen molar-refractivity contribution in [2.24, 2.45) is 9.98 Å². The van der Waals surface area contributed by atoms with Gasteiger partial charge in [-0.2, -0.15) is 8.42 Å². The molecule has 1 aromatic rings. The van der Waals surface area contributed by atoms with Crippen LogP contribution in [0.5, 0.6) is 0 Å². The zero-order valence-electron chi connectivity index (χ0n) is 14.1. The number of anilines is 1. The molecule has 3 rings (SSSR count). The lowest BCUT2D eigenvalue weighted by molar-refractivity contribution is 0.0667. The minimum atomic E-state index is -4.35. The van der Waals surface area contributed by atoms with E-state index in [1.165, 1.54) is 6.07 Å². The third kappa shape index (κ3) is 4.27. The molecule has 0 saturated carbocycles. The Hall–Kier alpha value is -2.17. The molecule has 1 atom stereocenters. The monoisotopic (exact) mass is 367 g/mol. The summed E-state index contributed by atoms with van der Waals surface area (Å²) in [6.07, 6.45) is -0.693. The molecule has 25 heavy (non-hydrogen) atoms. The lowest BCUT2D eigenvalue weighted by Gasteiger charge is -2.32. The predicted octanol–water partition coefficient (Wildman–Crippen LogP) is 0.647. The van der Waals surface area contributed by atoms with Gasteiger partial charge in [0.05, 0.1) is 18.9 Å². The highest BCUT2D eigenvalue weighted by Crippen LogP contribution is 2.24. The second-order valence-corrected chi connectivity index (χ2v) is 7.27. The quantitative estimate of drug-likeness (QED) is 0.672. The number of nitrogens with one attached hydrogen (secondary N) is 2. The molecule has 1 saturated heterocycles. The van der Waals surface area contributed by atoms with Gasteiger partial charge in [0.15, 0.2) is 0 Å². The van der Waals surface area contributed by atoms with Gasteiger partial charge in [0.1, 0.15) is 10.7 Å². The van der Waals surface area contributed by atoms with Crippen molar-refractivity contribution in [3.8, 4) is 0 Å².